The van der Waals surface area contributed by atoms with Crippen molar-refractivity contribution in [3.63, 3.8) is 0 Å². The molecule has 0 saturated carbocycles. The van der Waals surface area contributed by atoms with Crippen LogP contribution in [0, 0.1) is 12.8 Å². The summed E-state index contributed by atoms with van der Waals surface area (Å²) in [6.07, 6.45) is 0. The number of hydrogen-bond donors (Lipinski definition) is 2. The smallest absolute Gasteiger partial charge is 0.119 e. The maximum atomic E-state index is 5.85. The van der Waals surface area contributed by atoms with E-state index in [1.807, 2.05) is 13.0 Å². The Labute approximate surface area is 190 Å². The molecule has 3 aromatic rings. The van der Waals surface area contributed by atoms with Gasteiger partial charge in [-0.15, -0.1) is 0 Å². The molecule has 5 rings (SSSR count). The number of aryl methyl sites for hydroxylation is 1. The fourth-order valence-electron chi connectivity index (χ4n) is 5.03. The number of ether oxygens (including phenoxy) is 2. The standard InChI is InChI=1S/C27H31N3O2/c1-4-32-22-12-13-25-23(15-22)27-24(26(28-29-27)20-10-8-18(2)9-11-20)17-30(25)16-19-6-5-7-21(14-19)31-3/h5-15,24,26-29H,4,16-17H2,1-3H3. The van der Waals surface area contributed by atoms with E-state index < -0.39 is 0 Å². The van der Waals surface area contributed by atoms with E-state index >= 15 is 0 Å². The van der Waals surface area contributed by atoms with Crippen molar-refractivity contribution in [3.8, 4) is 11.5 Å². The summed E-state index contributed by atoms with van der Waals surface area (Å²) in [5.74, 6) is 2.22. The highest BCUT2D eigenvalue weighted by Gasteiger charge is 2.43. The SMILES string of the molecule is CCOc1ccc2c(c1)C1NNC(c3ccc(C)cc3)C1CN2Cc1cccc(OC)c1. The number of nitrogens with one attached hydrogen (secondary N) is 2. The summed E-state index contributed by atoms with van der Waals surface area (Å²) in [7, 11) is 1.72. The molecule has 0 bridgehead atoms. The first kappa shape index (κ1) is 20.9. The van der Waals surface area contributed by atoms with Gasteiger partial charge in [0.1, 0.15) is 11.5 Å². The van der Waals surface area contributed by atoms with Crippen molar-refractivity contribution >= 4 is 5.69 Å². The second-order valence-electron chi connectivity index (χ2n) is 8.70. The Bertz CT molecular complexity index is 1080. The summed E-state index contributed by atoms with van der Waals surface area (Å²) < 4.78 is 11.3. The van der Waals surface area contributed by atoms with E-state index in [1.54, 1.807) is 7.11 Å². The number of nitrogens with zero attached hydrogens (tertiary/aromatic N) is 1. The van der Waals surface area contributed by atoms with Crippen LogP contribution in [0.3, 0.4) is 0 Å². The summed E-state index contributed by atoms with van der Waals surface area (Å²) in [6, 6.07) is 24.2. The topological polar surface area (TPSA) is 45.8 Å². The minimum atomic E-state index is 0.235. The Morgan fingerprint density at radius 1 is 0.938 bits per heavy atom. The summed E-state index contributed by atoms with van der Waals surface area (Å²) in [6.45, 7) is 6.62. The molecule has 5 nitrogen and oxygen atoms in total. The van der Waals surface area contributed by atoms with Gasteiger partial charge in [-0.25, -0.2) is 10.9 Å². The third-order valence-electron chi connectivity index (χ3n) is 6.61. The van der Waals surface area contributed by atoms with Crippen LogP contribution in [0.2, 0.25) is 0 Å². The van der Waals surface area contributed by atoms with E-state index in [4.69, 9.17) is 9.47 Å². The molecule has 2 heterocycles. The highest BCUT2D eigenvalue weighted by atomic mass is 16.5. The molecule has 1 saturated heterocycles. The molecule has 1 fully saturated rings. The lowest BCUT2D eigenvalue weighted by Crippen LogP contribution is -2.39. The van der Waals surface area contributed by atoms with E-state index in [1.165, 1.54) is 27.9 Å². The van der Waals surface area contributed by atoms with E-state index in [-0.39, 0.29) is 12.1 Å². The van der Waals surface area contributed by atoms with Gasteiger partial charge in [0.05, 0.1) is 25.8 Å². The largest absolute Gasteiger partial charge is 0.497 e. The molecule has 2 aliphatic heterocycles. The Morgan fingerprint density at radius 3 is 2.53 bits per heavy atom. The summed E-state index contributed by atoms with van der Waals surface area (Å²) in [4.78, 5) is 2.50. The lowest BCUT2D eigenvalue weighted by Gasteiger charge is -2.39. The fraction of sp³-hybridized carbons (Fsp3) is 0.333. The molecule has 32 heavy (non-hydrogen) atoms. The van der Waals surface area contributed by atoms with Crippen molar-refractivity contribution < 1.29 is 9.47 Å². The second-order valence-corrected chi connectivity index (χ2v) is 8.70. The zero-order valence-electron chi connectivity index (χ0n) is 19.0. The van der Waals surface area contributed by atoms with Crippen LogP contribution in [-0.2, 0) is 6.54 Å². The quantitative estimate of drug-likeness (QED) is 0.582. The van der Waals surface area contributed by atoms with Crippen LogP contribution in [0.1, 0.15) is 41.3 Å². The van der Waals surface area contributed by atoms with Gasteiger partial charge in [0.15, 0.2) is 0 Å². The van der Waals surface area contributed by atoms with Crippen molar-refractivity contribution in [1.29, 1.82) is 0 Å². The summed E-state index contributed by atoms with van der Waals surface area (Å²) in [5, 5.41) is 0. The van der Waals surface area contributed by atoms with Gasteiger partial charge in [0, 0.05) is 24.7 Å². The van der Waals surface area contributed by atoms with E-state index in [0.29, 0.717) is 12.5 Å². The third kappa shape index (κ3) is 3.94. The van der Waals surface area contributed by atoms with Gasteiger partial charge in [-0.2, -0.15) is 0 Å². The maximum absolute atomic E-state index is 5.85. The molecule has 3 aromatic carbocycles. The molecule has 0 amide bonds. The number of hydrazine groups is 1. The van der Waals surface area contributed by atoms with Gasteiger partial charge >= 0.3 is 0 Å². The average Bonchev–Trinajstić information content (AvgIpc) is 3.24. The number of benzene rings is 3. The highest BCUT2D eigenvalue weighted by Crippen LogP contribution is 2.46. The zero-order valence-corrected chi connectivity index (χ0v) is 19.0. The molecule has 3 atom stereocenters. The molecule has 5 heteroatoms. The van der Waals surface area contributed by atoms with Crippen molar-refractivity contribution in [1.82, 2.24) is 10.9 Å². The van der Waals surface area contributed by atoms with Gasteiger partial charge in [0.25, 0.3) is 0 Å². The number of fused-ring (bicyclic) bond motifs is 3. The van der Waals surface area contributed by atoms with E-state index in [0.717, 1.165) is 24.6 Å². The Morgan fingerprint density at radius 2 is 1.75 bits per heavy atom. The first-order chi connectivity index (χ1) is 15.7. The van der Waals surface area contributed by atoms with Gasteiger partial charge in [-0.3, -0.25) is 0 Å². The number of methoxy groups -OCH3 is 1. The Hall–Kier alpha value is -3.02. The third-order valence-corrected chi connectivity index (χ3v) is 6.61. The van der Waals surface area contributed by atoms with Crippen LogP contribution in [0.25, 0.3) is 0 Å². The molecule has 0 radical (unpaired) electrons. The summed E-state index contributed by atoms with van der Waals surface area (Å²) in [5.41, 5.74) is 13.6. The van der Waals surface area contributed by atoms with Gasteiger partial charge in [-0.05, 0) is 60.9 Å². The molecule has 0 aromatic heterocycles. The Balaban J connectivity index is 1.51. The first-order valence-corrected chi connectivity index (χ1v) is 11.4. The van der Waals surface area contributed by atoms with E-state index in [2.05, 4.69) is 83.3 Å². The second kappa shape index (κ2) is 8.85. The molecular formula is C27H31N3O2. The predicted molar refractivity (Wildman–Crippen MR) is 128 cm³/mol. The minimum Gasteiger partial charge on any atom is -0.497 e. The van der Waals surface area contributed by atoms with Gasteiger partial charge in [-0.1, -0.05) is 42.0 Å². The van der Waals surface area contributed by atoms with Crippen molar-refractivity contribution in [2.24, 2.45) is 5.92 Å². The van der Waals surface area contributed by atoms with Crippen molar-refractivity contribution in [2.75, 3.05) is 25.2 Å². The number of anilines is 1. The predicted octanol–water partition coefficient (Wildman–Crippen LogP) is 4.93. The van der Waals surface area contributed by atoms with Gasteiger partial charge in [0.2, 0.25) is 0 Å². The highest BCUT2D eigenvalue weighted by molar-refractivity contribution is 5.61. The normalized spacial score (nSPS) is 21.7. The Kier molecular flexibility index (Phi) is 5.77. The first-order valence-electron chi connectivity index (χ1n) is 11.4. The lowest BCUT2D eigenvalue weighted by molar-refractivity contribution is 0.337. The fourth-order valence-corrected chi connectivity index (χ4v) is 5.03. The maximum Gasteiger partial charge on any atom is 0.119 e. The monoisotopic (exact) mass is 429 g/mol. The lowest BCUT2D eigenvalue weighted by atomic mass is 9.81. The van der Waals surface area contributed by atoms with Crippen molar-refractivity contribution in [2.45, 2.75) is 32.5 Å². The van der Waals surface area contributed by atoms with Gasteiger partial charge < -0.3 is 14.4 Å². The average molecular weight is 430 g/mol. The van der Waals surface area contributed by atoms with Crippen LogP contribution in [0.5, 0.6) is 11.5 Å². The molecule has 166 valence electrons. The van der Waals surface area contributed by atoms with E-state index in [9.17, 15) is 0 Å². The molecule has 2 N–H and O–H groups in total. The number of hydrogen-bond acceptors (Lipinski definition) is 5. The number of rotatable bonds is 6. The minimum absolute atomic E-state index is 0.235. The van der Waals surface area contributed by atoms with Crippen LogP contribution < -0.4 is 25.2 Å². The summed E-state index contributed by atoms with van der Waals surface area (Å²) >= 11 is 0. The molecule has 0 aliphatic carbocycles. The van der Waals surface area contributed by atoms with Crippen LogP contribution in [-0.4, -0.2) is 20.3 Å². The molecular weight excluding hydrogens is 398 g/mol. The molecule has 2 aliphatic rings. The van der Waals surface area contributed by atoms with Crippen LogP contribution in [0.4, 0.5) is 5.69 Å². The van der Waals surface area contributed by atoms with Crippen LogP contribution >= 0.6 is 0 Å². The zero-order chi connectivity index (χ0) is 22.1. The van der Waals surface area contributed by atoms with Crippen molar-refractivity contribution in [3.05, 3.63) is 89.0 Å². The molecule has 3 unspecified atom stereocenters. The molecule has 0 spiro atoms. The van der Waals surface area contributed by atoms with Crippen LogP contribution in [0.15, 0.2) is 66.7 Å².